The summed E-state index contributed by atoms with van der Waals surface area (Å²) < 4.78 is 1.34. The summed E-state index contributed by atoms with van der Waals surface area (Å²) in [5, 5.41) is 15.5. The van der Waals surface area contributed by atoms with E-state index in [4.69, 9.17) is 5.26 Å². The lowest BCUT2D eigenvalue weighted by atomic mass is 9.96. The van der Waals surface area contributed by atoms with Crippen LogP contribution in [0, 0.1) is 39.0 Å². The van der Waals surface area contributed by atoms with Crippen LogP contribution < -0.4 is 5.32 Å². The molecule has 0 bridgehead atoms. The van der Waals surface area contributed by atoms with Crippen molar-refractivity contribution >= 4 is 27.1 Å². The predicted molar refractivity (Wildman–Crippen MR) is 83.8 cm³/mol. The molecule has 0 aliphatic carbocycles. The first-order valence-electron chi connectivity index (χ1n) is 6.28. The van der Waals surface area contributed by atoms with Gasteiger partial charge in [-0.15, -0.1) is 11.3 Å². The number of nitrogens with one attached hydrogen (secondary N) is 1. The van der Waals surface area contributed by atoms with Gasteiger partial charge in [0.05, 0.1) is 11.8 Å². The number of nitrogens with zero attached hydrogens (tertiary/aromatic N) is 1. The molecule has 0 radical (unpaired) electrons. The van der Waals surface area contributed by atoms with E-state index in [9.17, 15) is 0 Å². The van der Waals surface area contributed by atoms with Crippen molar-refractivity contribution in [3.63, 3.8) is 0 Å². The van der Waals surface area contributed by atoms with E-state index in [1.165, 1.54) is 32.3 Å². The fraction of sp³-hybridized carbons (Fsp3) is 0.312. The molecule has 2 aromatic rings. The van der Waals surface area contributed by atoms with Gasteiger partial charge in [0.25, 0.3) is 0 Å². The Morgan fingerprint density at radius 1 is 1.16 bits per heavy atom. The van der Waals surface area contributed by atoms with Gasteiger partial charge in [-0.2, -0.15) is 5.26 Å². The quantitative estimate of drug-likeness (QED) is 0.782. The molecule has 3 heteroatoms. The molecule has 98 valence electrons. The second-order valence-corrected chi connectivity index (χ2v) is 5.82. The van der Waals surface area contributed by atoms with E-state index in [2.05, 4.69) is 44.5 Å². The third kappa shape index (κ3) is 2.24. The second kappa shape index (κ2) is 5.07. The van der Waals surface area contributed by atoms with Gasteiger partial charge in [0.1, 0.15) is 0 Å². The van der Waals surface area contributed by atoms with E-state index in [-0.39, 0.29) is 0 Å². The molecular weight excluding hydrogens is 252 g/mol. The number of aryl methyl sites for hydroxylation is 2. The second-order valence-electron chi connectivity index (χ2n) is 4.94. The minimum Gasteiger partial charge on any atom is -0.360 e. The molecular formula is C16H18N2S. The molecule has 0 atom stereocenters. The van der Waals surface area contributed by atoms with Gasteiger partial charge in [0.15, 0.2) is 0 Å². The number of rotatable bonds is 2. The molecule has 0 unspecified atom stereocenters. The Labute approximate surface area is 118 Å². The first kappa shape index (κ1) is 13.6. The Morgan fingerprint density at radius 2 is 1.79 bits per heavy atom. The summed E-state index contributed by atoms with van der Waals surface area (Å²) in [7, 11) is 0. The largest absolute Gasteiger partial charge is 0.360 e. The van der Waals surface area contributed by atoms with E-state index in [1.54, 1.807) is 24.5 Å². The smallest absolute Gasteiger partial charge is 0.0959 e. The summed E-state index contributed by atoms with van der Waals surface area (Å²) in [6, 6.07) is 2.12. The van der Waals surface area contributed by atoms with E-state index in [1.807, 2.05) is 0 Å². The number of anilines is 1. The molecule has 1 heterocycles. The number of benzene rings is 1. The molecule has 0 aliphatic rings. The average Bonchev–Trinajstić information content (AvgIpc) is 2.84. The maximum Gasteiger partial charge on any atom is 0.0959 e. The molecule has 0 amide bonds. The van der Waals surface area contributed by atoms with Crippen LogP contribution >= 0.6 is 11.3 Å². The summed E-state index contributed by atoms with van der Waals surface area (Å²) in [6.07, 6.45) is 1.77. The number of hydrogen-bond acceptors (Lipinski definition) is 3. The molecule has 2 rings (SSSR count). The van der Waals surface area contributed by atoms with Crippen LogP contribution in [-0.4, -0.2) is 0 Å². The number of nitriles is 1. The summed E-state index contributed by atoms with van der Waals surface area (Å²) in [4.78, 5) is 0. The zero-order valence-corrected chi connectivity index (χ0v) is 12.8. The third-order valence-electron chi connectivity index (χ3n) is 3.81. The minimum absolute atomic E-state index is 0.678. The monoisotopic (exact) mass is 270 g/mol. The normalized spacial score (nSPS) is 11.7. The maximum absolute atomic E-state index is 8.80. The molecule has 0 spiro atoms. The van der Waals surface area contributed by atoms with Gasteiger partial charge in [-0.05, 0) is 56.9 Å². The highest BCUT2D eigenvalue weighted by atomic mass is 32.1. The first-order valence-corrected chi connectivity index (χ1v) is 7.16. The highest BCUT2D eigenvalue weighted by Gasteiger charge is 2.13. The van der Waals surface area contributed by atoms with E-state index in [0.717, 1.165) is 5.69 Å². The minimum atomic E-state index is 0.678. The van der Waals surface area contributed by atoms with Crippen molar-refractivity contribution in [2.45, 2.75) is 34.6 Å². The molecule has 1 aromatic carbocycles. The zero-order valence-electron chi connectivity index (χ0n) is 12.0. The molecule has 1 N–H and O–H groups in total. The van der Waals surface area contributed by atoms with Crippen LogP contribution in [0.25, 0.3) is 10.1 Å². The summed E-state index contributed by atoms with van der Waals surface area (Å²) in [5.74, 6) is 0. The standard InChI is InChI=1S/C16H18N2S/c1-9(6-17)7-18-14-8-19-16-13(5)11(3)10(2)12(4)15(14)16/h7-8,18H,1-5H3/b9-7+. The lowest BCUT2D eigenvalue weighted by molar-refractivity contribution is 1.26. The Balaban J connectivity index is 2.64. The van der Waals surface area contributed by atoms with Gasteiger partial charge in [-0.25, -0.2) is 0 Å². The average molecular weight is 270 g/mol. The van der Waals surface area contributed by atoms with Gasteiger partial charge in [0.2, 0.25) is 0 Å². The Kier molecular flexibility index (Phi) is 3.64. The van der Waals surface area contributed by atoms with Gasteiger partial charge >= 0.3 is 0 Å². The maximum atomic E-state index is 8.80. The third-order valence-corrected chi connectivity index (χ3v) is 4.91. The van der Waals surface area contributed by atoms with Crippen LogP contribution in [0.5, 0.6) is 0 Å². The van der Waals surface area contributed by atoms with Crippen molar-refractivity contribution in [2.75, 3.05) is 5.32 Å². The van der Waals surface area contributed by atoms with Crippen molar-refractivity contribution in [1.29, 1.82) is 5.26 Å². The fourth-order valence-electron chi connectivity index (χ4n) is 2.25. The fourth-order valence-corrected chi connectivity index (χ4v) is 3.38. The first-order chi connectivity index (χ1) is 8.97. The highest BCUT2D eigenvalue weighted by molar-refractivity contribution is 7.18. The van der Waals surface area contributed by atoms with Crippen LogP contribution in [0.15, 0.2) is 17.2 Å². The van der Waals surface area contributed by atoms with E-state index < -0.39 is 0 Å². The lowest BCUT2D eigenvalue weighted by Gasteiger charge is -2.12. The molecule has 0 fully saturated rings. The highest BCUT2D eigenvalue weighted by Crippen LogP contribution is 2.38. The molecule has 0 saturated carbocycles. The van der Waals surface area contributed by atoms with Crippen LogP contribution in [-0.2, 0) is 0 Å². The van der Waals surface area contributed by atoms with E-state index in [0.29, 0.717) is 5.57 Å². The van der Waals surface area contributed by atoms with Gasteiger partial charge < -0.3 is 5.32 Å². The van der Waals surface area contributed by atoms with Crippen LogP contribution in [0.2, 0.25) is 0 Å². The molecule has 2 nitrogen and oxygen atoms in total. The number of thiophene rings is 1. The van der Waals surface area contributed by atoms with Gasteiger partial charge in [-0.3, -0.25) is 0 Å². The van der Waals surface area contributed by atoms with E-state index >= 15 is 0 Å². The summed E-state index contributed by atoms with van der Waals surface area (Å²) in [6.45, 7) is 10.5. The summed E-state index contributed by atoms with van der Waals surface area (Å²) in [5.41, 5.74) is 7.19. The predicted octanol–water partition coefficient (Wildman–Crippen LogP) is 4.97. The molecule has 0 saturated heterocycles. The van der Waals surface area contributed by atoms with Gasteiger partial charge in [0, 0.05) is 27.2 Å². The number of hydrogen-bond donors (Lipinski definition) is 1. The van der Waals surface area contributed by atoms with Crippen molar-refractivity contribution in [3.05, 3.63) is 39.4 Å². The van der Waals surface area contributed by atoms with Crippen LogP contribution in [0.3, 0.4) is 0 Å². The lowest BCUT2D eigenvalue weighted by Crippen LogP contribution is -1.94. The number of allylic oxidation sites excluding steroid dienone is 1. The topological polar surface area (TPSA) is 35.8 Å². The van der Waals surface area contributed by atoms with Crippen LogP contribution in [0.4, 0.5) is 5.69 Å². The SMILES string of the molecule is C/C(C#N)=C\Nc1csc2c(C)c(C)c(C)c(C)c12. The van der Waals surface area contributed by atoms with Crippen molar-refractivity contribution in [2.24, 2.45) is 0 Å². The Hall–Kier alpha value is -1.79. The van der Waals surface area contributed by atoms with Crippen LogP contribution in [0.1, 0.15) is 29.2 Å². The molecule has 1 aromatic heterocycles. The summed E-state index contributed by atoms with van der Waals surface area (Å²) >= 11 is 1.76. The van der Waals surface area contributed by atoms with Gasteiger partial charge in [-0.1, -0.05) is 0 Å². The zero-order chi connectivity index (χ0) is 14.2. The number of fused-ring (bicyclic) bond motifs is 1. The Morgan fingerprint density at radius 3 is 2.42 bits per heavy atom. The van der Waals surface area contributed by atoms with Crippen molar-refractivity contribution < 1.29 is 0 Å². The Bertz CT molecular complexity index is 715. The van der Waals surface area contributed by atoms with Crippen molar-refractivity contribution in [1.82, 2.24) is 0 Å². The molecule has 19 heavy (non-hydrogen) atoms. The van der Waals surface area contributed by atoms with Crippen molar-refractivity contribution in [3.8, 4) is 6.07 Å². The molecule has 0 aliphatic heterocycles.